The number of hydrogen-bond donors (Lipinski definition) is 1. The Morgan fingerprint density at radius 3 is 2.62 bits per heavy atom. The van der Waals surface area contributed by atoms with Crippen LogP contribution >= 0.6 is 11.6 Å². The van der Waals surface area contributed by atoms with E-state index in [0.717, 1.165) is 12.0 Å². The summed E-state index contributed by atoms with van der Waals surface area (Å²) in [6.07, 6.45) is 0.751. The number of benzene rings is 1. The number of methoxy groups -OCH3 is 2. The molecule has 2 N–H and O–H groups in total. The quantitative estimate of drug-likeness (QED) is 0.777. The van der Waals surface area contributed by atoms with Crippen LogP contribution in [0.4, 0.5) is 0 Å². The number of hydrogen-bond acceptors (Lipinski definition) is 4. The summed E-state index contributed by atoms with van der Waals surface area (Å²) in [4.78, 5) is 0. The molecule has 1 rings (SSSR count). The summed E-state index contributed by atoms with van der Waals surface area (Å²) in [6.45, 7) is 0.698. The highest BCUT2D eigenvalue weighted by Crippen LogP contribution is 2.36. The first-order valence-corrected chi connectivity index (χ1v) is 5.29. The average molecular weight is 246 g/mol. The van der Waals surface area contributed by atoms with Gasteiger partial charge in [-0.2, -0.15) is 0 Å². The second-order valence-electron chi connectivity index (χ2n) is 3.20. The SMILES string of the molecule is COCOc1c(Cl)cc(CCN)cc1OC. The van der Waals surface area contributed by atoms with Gasteiger partial charge in [0.05, 0.1) is 12.1 Å². The summed E-state index contributed by atoms with van der Waals surface area (Å²) in [5, 5.41) is 0.500. The number of rotatable bonds is 6. The molecule has 0 amide bonds. The van der Waals surface area contributed by atoms with Crippen molar-refractivity contribution >= 4 is 11.6 Å². The fourth-order valence-electron chi connectivity index (χ4n) is 1.34. The van der Waals surface area contributed by atoms with E-state index in [1.165, 1.54) is 0 Å². The lowest BCUT2D eigenvalue weighted by Crippen LogP contribution is -2.05. The minimum Gasteiger partial charge on any atom is -0.493 e. The van der Waals surface area contributed by atoms with Crippen molar-refractivity contribution in [2.75, 3.05) is 27.6 Å². The molecule has 0 unspecified atom stereocenters. The van der Waals surface area contributed by atoms with Gasteiger partial charge in [-0.3, -0.25) is 0 Å². The monoisotopic (exact) mass is 245 g/mol. The fourth-order valence-corrected chi connectivity index (χ4v) is 1.63. The minimum absolute atomic E-state index is 0.131. The molecule has 0 aromatic heterocycles. The molecule has 5 heteroatoms. The Kier molecular flexibility index (Phi) is 5.38. The molecule has 0 spiro atoms. The van der Waals surface area contributed by atoms with Crippen molar-refractivity contribution in [3.05, 3.63) is 22.7 Å². The van der Waals surface area contributed by atoms with Crippen LogP contribution in [0.2, 0.25) is 5.02 Å². The van der Waals surface area contributed by atoms with Gasteiger partial charge in [-0.05, 0) is 30.7 Å². The van der Waals surface area contributed by atoms with E-state index in [1.807, 2.05) is 12.1 Å². The zero-order chi connectivity index (χ0) is 12.0. The molecule has 0 bridgehead atoms. The molecule has 0 saturated carbocycles. The first-order chi connectivity index (χ1) is 7.72. The van der Waals surface area contributed by atoms with Gasteiger partial charge in [0.2, 0.25) is 0 Å². The lowest BCUT2D eigenvalue weighted by Gasteiger charge is -2.13. The third-order valence-electron chi connectivity index (χ3n) is 2.04. The Bertz CT molecular complexity index is 344. The van der Waals surface area contributed by atoms with Gasteiger partial charge >= 0.3 is 0 Å². The van der Waals surface area contributed by atoms with E-state index in [4.69, 9.17) is 31.5 Å². The standard InChI is InChI=1S/C11H16ClNO3/c1-14-7-16-11-9(12)5-8(3-4-13)6-10(11)15-2/h5-6H,3-4,7,13H2,1-2H3. The maximum Gasteiger partial charge on any atom is 0.188 e. The highest BCUT2D eigenvalue weighted by molar-refractivity contribution is 6.32. The number of nitrogens with two attached hydrogens (primary N) is 1. The van der Waals surface area contributed by atoms with Gasteiger partial charge in [0.25, 0.3) is 0 Å². The Labute approximate surface area is 100 Å². The Balaban J connectivity index is 2.97. The van der Waals surface area contributed by atoms with Crippen LogP contribution in [0.3, 0.4) is 0 Å². The van der Waals surface area contributed by atoms with Gasteiger partial charge in [0.1, 0.15) is 0 Å². The van der Waals surface area contributed by atoms with Gasteiger partial charge < -0.3 is 19.9 Å². The molecule has 0 aliphatic heterocycles. The summed E-state index contributed by atoms with van der Waals surface area (Å²) in [5.74, 6) is 1.08. The highest BCUT2D eigenvalue weighted by Gasteiger charge is 2.11. The minimum atomic E-state index is 0.131. The van der Waals surface area contributed by atoms with Crippen molar-refractivity contribution in [2.45, 2.75) is 6.42 Å². The third-order valence-corrected chi connectivity index (χ3v) is 2.32. The third kappa shape index (κ3) is 3.27. The molecule has 16 heavy (non-hydrogen) atoms. The summed E-state index contributed by atoms with van der Waals surface area (Å²) in [6, 6.07) is 3.69. The van der Waals surface area contributed by atoms with Gasteiger partial charge in [-0.15, -0.1) is 0 Å². The first-order valence-electron chi connectivity index (χ1n) is 4.91. The van der Waals surface area contributed by atoms with E-state index in [9.17, 15) is 0 Å². The van der Waals surface area contributed by atoms with E-state index in [-0.39, 0.29) is 6.79 Å². The van der Waals surface area contributed by atoms with Crippen LogP contribution in [0.25, 0.3) is 0 Å². The summed E-state index contributed by atoms with van der Waals surface area (Å²) < 4.78 is 15.4. The molecule has 90 valence electrons. The van der Waals surface area contributed by atoms with Crippen LogP contribution in [-0.4, -0.2) is 27.6 Å². The van der Waals surface area contributed by atoms with Crippen molar-refractivity contribution < 1.29 is 14.2 Å². The molecule has 0 aliphatic rings. The molecule has 0 heterocycles. The molecule has 1 aromatic carbocycles. The van der Waals surface area contributed by atoms with Crippen molar-refractivity contribution in [3.63, 3.8) is 0 Å². The number of halogens is 1. The largest absolute Gasteiger partial charge is 0.493 e. The van der Waals surface area contributed by atoms with Crippen molar-refractivity contribution in [2.24, 2.45) is 5.73 Å². The maximum atomic E-state index is 6.08. The van der Waals surface area contributed by atoms with E-state index in [0.29, 0.717) is 23.1 Å². The maximum absolute atomic E-state index is 6.08. The molecule has 0 atom stereocenters. The predicted molar refractivity (Wildman–Crippen MR) is 63.3 cm³/mol. The molecule has 1 aromatic rings. The van der Waals surface area contributed by atoms with Crippen LogP contribution in [0.1, 0.15) is 5.56 Å². The van der Waals surface area contributed by atoms with Crippen LogP contribution in [0.5, 0.6) is 11.5 Å². The molecular formula is C11H16ClNO3. The van der Waals surface area contributed by atoms with E-state index < -0.39 is 0 Å². The predicted octanol–water partition coefficient (Wildman–Crippen LogP) is 1.83. The molecule has 4 nitrogen and oxygen atoms in total. The smallest absolute Gasteiger partial charge is 0.188 e. The zero-order valence-corrected chi connectivity index (χ0v) is 10.2. The Morgan fingerprint density at radius 2 is 2.06 bits per heavy atom. The molecule has 0 saturated heterocycles. The van der Waals surface area contributed by atoms with Crippen molar-refractivity contribution in [3.8, 4) is 11.5 Å². The van der Waals surface area contributed by atoms with Crippen LogP contribution in [0.15, 0.2) is 12.1 Å². The average Bonchev–Trinajstić information content (AvgIpc) is 2.27. The van der Waals surface area contributed by atoms with Crippen molar-refractivity contribution in [1.29, 1.82) is 0 Å². The van der Waals surface area contributed by atoms with E-state index >= 15 is 0 Å². The second-order valence-corrected chi connectivity index (χ2v) is 3.61. The second kappa shape index (κ2) is 6.58. The van der Waals surface area contributed by atoms with Crippen LogP contribution in [0, 0.1) is 0 Å². The van der Waals surface area contributed by atoms with Crippen LogP contribution < -0.4 is 15.2 Å². The van der Waals surface area contributed by atoms with Crippen molar-refractivity contribution in [1.82, 2.24) is 0 Å². The fraction of sp³-hybridized carbons (Fsp3) is 0.455. The summed E-state index contributed by atoms with van der Waals surface area (Å²) >= 11 is 6.08. The summed E-state index contributed by atoms with van der Waals surface area (Å²) in [7, 11) is 3.11. The van der Waals surface area contributed by atoms with Gasteiger partial charge in [0.15, 0.2) is 18.3 Å². The lowest BCUT2D eigenvalue weighted by molar-refractivity contribution is 0.0492. The number of ether oxygens (including phenoxy) is 3. The van der Waals surface area contributed by atoms with Gasteiger partial charge in [-0.1, -0.05) is 11.6 Å². The topological polar surface area (TPSA) is 53.7 Å². The lowest BCUT2D eigenvalue weighted by atomic mass is 10.1. The molecule has 0 fully saturated rings. The molecule has 0 radical (unpaired) electrons. The summed E-state index contributed by atoms with van der Waals surface area (Å²) in [5.41, 5.74) is 6.51. The van der Waals surface area contributed by atoms with Gasteiger partial charge in [-0.25, -0.2) is 0 Å². The van der Waals surface area contributed by atoms with Crippen LogP contribution in [-0.2, 0) is 11.2 Å². The zero-order valence-electron chi connectivity index (χ0n) is 9.46. The molecular weight excluding hydrogens is 230 g/mol. The van der Waals surface area contributed by atoms with E-state index in [1.54, 1.807) is 14.2 Å². The van der Waals surface area contributed by atoms with Gasteiger partial charge in [0, 0.05) is 7.11 Å². The van der Waals surface area contributed by atoms with E-state index in [2.05, 4.69) is 0 Å². The normalized spacial score (nSPS) is 10.2. The Morgan fingerprint density at radius 1 is 1.31 bits per heavy atom. The molecule has 0 aliphatic carbocycles. The Hall–Kier alpha value is -0.970. The first kappa shape index (κ1) is 13.1. The highest BCUT2D eigenvalue weighted by atomic mass is 35.5.